The lowest BCUT2D eigenvalue weighted by Crippen LogP contribution is -2.01. The molecule has 0 atom stereocenters. The van der Waals surface area contributed by atoms with Gasteiger partial charge in [0.15, 0.2) is 5.65 Å². The molecule has 166 valence electrons. The van der Waals surface area contributed by atoms with Crippen LogP contribution in [0.25, 0.3) is 27.5 Å². The number of benzene rings is 4. The predicted octanol–water partition coefficient (Wildman–Crippen LogP) is 5.33. The number of aromatic hydroxyl groups is 3. The molecule has 3 N–H and O–H groups in total. The van der Waals surface area contributed by atoms with Crippen molar-refractivity contribution in [3.63, 3.8) is 0 Å². The van der Waals surface area contributed by atoms with Crippen LogP contribution < -0.4 is 0 Å². The molecule has 0 bridgehead atoms. The van der Waals surface area contributed by atoms with Crippen LogP contribution >= 0.6 is 0 Å². The SMILES string of the molecule is Oc1ccc(Cc2nc3c(Cc4ccccc4)nc4c5ccc(O)cc5ccc4n3c2O)cc1. The molecule has 0 aliphatic rings. The molecule has 4 aromatic carbocycles. The van der Waals surface area contributed by atoms with Crippen LogP contribution in [0.2, 0.25) is 0 Å². The van der Waals surface area contributed by atoms with Gasteiger partial charge < -0.3 is 15.3 Å². The smallest absolute Gasteiger partial charge is 0.220 e. The Labute approximate surface area is 195 Å². The summed E-state index contributed by atoms with van der Waals surface area (Å²) in [7, 11) is 0. The van der Waals surface area contributed by atoms with Gasteiger partial charge >= 0.3 is 0 Å². The van der Waals surface area contributed by atoms with Crippen molar-refractivity contribution in [3.8, 4) is 17.4 Å². The number of aromatic nitrogens is 3. The number of rotatable bonds is 4. The molecule has 0 amide bonds. The minimum atomic E-state index is 0.0721. The average molecular weight is 447 g/mol. The molecule has 6 heteroatoms. The third-order valence-corrected chi connectivity index (χ3v) is 6.14. The number of hydrogen-bond acceptors (Lipinski definition) is 5. The maximum atomic E-state index is 11.3. The van der Waals surface area contributed by atoms with Crippen LogP contribution in [0.4, 0.5) is 0 Å². The van der Waals surface area contributed by atoms with Crippen LogP contribution in [0.1, 0.15) is 22.5 Å². The topological polar surface area (TPSA) is 90.9 Å². The van der Waals surface area contributed by atoms with Gasteiger partial charge in [-0.25, -0.2) is 9.97 Å². The van der Waals surface area contributed by atoms with Crippen LogP contribution in [-0.2, 0) is 12.8 Å². The lowest BCUT2D eigenvalue weighted by atomic mass is 10.1. The second kappa shape index (κ2) is 7.78. The summed E-state index contributed by atoms with van der Waals surface area (Å²) in [6.45, 7) is 0. The van der Waals surface area contributed by atoms with Crippen molar-refractivity contribution in [3.05, 3.63) is 107 Å². The molecule has 34 heavy (non-hydrogen) atoms. The maximum absolute atomic E-state index is 11.3. The number of phenolic OH excluding ortho intramolecular Hbond substituents is 2. The first kappa shape index (κ1) is 20.1. The van der Waals surface area contributed by atoms with E-state index in [1.165, 1.54) is 0 Å². The summed E-state index contributed by atoms with van der Waals surface area (Å²) in [6, 6.07) is 26.0. The Balaban J connectivity index is 1.62. The predicted molar refractivity (Wildman–Crippen MR) is 131 cm³/mol. The van der Waals surface area contributed by atoms with E-state index < -0.39 is 0 Å². The van der Waals surface area contributed by atoms with E-state index in [0.717, 1.165) is 38.6 Å². The monoisotopic (exact) mass is 447 g/mol. The lowest BCUT2D eigenvalue weighted by Gasteiger charge is -2.11. The molecule has 6 rings (SSSR count). The van der Waals surface area contributed by atoms with E-state index in [0.29, 0.717) is 24.2 Å². The lowest BCUT2D eigenvalue weighted by molar-refractivity contribution is 0.444. The van der Waals surface area contributed by atoms with Gasteiger partial charge in [-0.2, -0.15) is 0 Å². The summed E-state index contributed by atoms with van der Waals surface area (Å²) in [6.07, 6.45) is 0.978. The highest BCUT2D eigenvalue weighted by Gasteiger charge is 2.20. The molecular weight excluding hydrogens is 426 g/mol. The van der Waals surface area contributed by atoms with E-state index in [1.54, 1.807) is 28.7 Å². The van der Waals surface area contributed by atoms with Gasteiger partial charge in [0.05, 0.1) is 16.7 Å². The van der Waals surface area contributed by atoms with E-state index in [9.17, 15) is 15.3 Å². The van der Waals surface area contributed by atoms with Crippen molar-refractivity contribution in [2.45, 2.75) is 12.8 Å². The Kier molecular flexibility index (Phi) is 4.59. The summed E-state index contributed by atoms with van der Waals surface area (Å²) < 4.78 is 1.77. The fourth-order valence-corrected chi connectivity index (χ4v) is 4.48. The van der Waals surface area contributed by atoms with E-state index in [1.807, 2.05) is 60.7 Å². The fourth-order valence-electron chi connectivity index (χ4n) is 4.48. The summed E-state index contributed by atoms with van der Waals surface area (Å²) in [5.41, 5.74) is 5.41. The second-order valence-corrected chi connectivity index (χ2v) is 8.44. The molecule has 6 nitrogen and oxygen atoms in total. The first-order valence-corrected chi connectivity index (χ1v) is 11.0. The highest BCUT2D eigenvalue weighted by Crippen LogP contribution is 2.33. The van der Waals surface area contributed by atoms with Crippen LogP contribution in [0, 0.1) is 0 Å². The normalized spacial score (nSPS) is 11.5. The molecule has 0 unspecified atom stereocenters. The van der Waals surface area contributed by atoms with Crippen LogP contribution in [-0.4, -0.2) is 29.7 Å². The van der Waals surface area contributed by atoms with E-state index in [4.69, 9.17) is 9.97 Å². The average Bonchev–Trinajstić information content (AvgIpc) is 3.17. The first-order chi connectivity index (χ1) is 16.6. The summed E-state index contributed by atoms with van der Waals surface area (Å²) in [5, 5.41) is 32.6. The van der Waals surface area contributed by atoms with Crippen molar-refractivity contribution >= 4 is 27.5 Å². The molecule has 2 heterocycles. The quantitative estimate of drug-likeness (QED) is 0.318. The summed E-state index contributed by atoms with van der Waals surface area (Å²) in [5.74, 6) is 0.461. The van der Waals surface area contributed by atoms with E-state index in [2.05, 4.69) is 0 Å². The van der Waals surface area contributed by atoms with E-state index >= 15 is 0 Å². The molecule has 0 saturated carbocycles. The zero-order valence-electron chi connectivity index (χ0n) is 18.2. The molecule has 0 aliphatic heterocycles. The Bertz CT molecular complexity index is 1670. The van der Waals surface area contributed by atoms with Crippen LogP contribution in [0.15, 0.2) is 84.9 Å². The molecule has 0 saturated heterocycles. The highest BCUT2D eigenvalue weighted by atomic mass is 16.3. The van der Waals surface area contributed by atoms with Crippen LogP contribution in [0.5, 0.6) is 17.4 Å². The second-order valence-electron chi connectivity index (χ2n) is 8.44. The summed E-state index contributed by atoms with van der Waals surface area (Å²) >= 11 is 0. The molecule has 0 aliphatic carbocycles. The summed E-state index contributed by atoms with van der Waals surface area (Å²) in [4.78, 5) is 9.84. The van der Waals surface area contributed by atoms with Gasteiger partial charge in [-0.1, -0.05) is 48.5 Å². The van der Waals surface area contributed by atoms with Gasteiger partial charge in [0.2, 0.25) is 5.88 Å². The number of imidazole rings is 1. The fraction of sp³-hybridized carbons (Fsp3) is 0.0714. The highest BCUT2D eigenvalue weighted by molar-refractivity contribution is 6.05. The van der Waals surface area contributed by atoms with Gasteiger partial charge in [-0.15, -0.1) is 0 Å². The Morgan fingerprint density at radius 2 is 1.35 bits per heavy atom. The van der Waals surface area contributed by atoms with Crippen molar-refractivity contribution in [2.24, 2.45) is 0 Å². The Morgan fingerprint density at radius 3 is 2.15 bits per heavy atom. The molecule has 2 aromatic heterocycles. The minimum absolute atomic E-state index is 0.0721. The van der Waals surface area contributed by atoms with Crippen molar-refractivity contribution in [1.29, 1.82) is 0 Å². The zero-order chi connectivity index (χ0) is 23.2. The van der Waals surface area contributed by atoms with Gasteiger partial charge in [0.25, 0.3) is 0 Å². The third kappa shape index (κ3) is 3.36. The Hall–Kier alpha value is -4.58. The van der Waals surface area contributed by atoms with Crippen molar-refractivity contribution in [2.75, 3.05) is 0 Å². The van der Waals surface area contributed by atoms with Crippen molar-refractivity contribution in [1.82, 2.24) is 14.4 Å². The van der Waals surface area contributed by atoms with Crippen LogP contribution in [0.3, 0.4) is 0 Å². The van der Waals surface area contributed by atoms with Crippen molar-refractivity contribution < 1.29 is 15.3 Å². The van der Waals surface area contributed by atoms with Gasteiger partial charge in [-0.05, 0) is 52.9 Å². The maximum Gasteiger partial charge on any atom is 0.220 e. The minimum Gasteiger partial charge on any atom is -0.508 e. The van der Waals surface area contributed by atoms with E-state index in [-0.39, 0.29) is 17.4 Å². The van der Waals surface area contributed by atoms with Gasteiger partial charge in [0, 0.05) is 18.2 Å². The molecule has 0 radical (unpaired) electrons. The zero-order valence-corrected chi connectivity index (χ0v) is 18.2. The molecular formula is C28H21N3O3. The molecule has 0 fully saturated rings. The number of hydrogen-bond donors (Lipinski definition) is 3. The molecule has 0 spiro atoms. The first-order valence-electron chi connectivity index (χ1n) is 11.0. The number of nitrogens with zero attached hydrogens (tertiary/aromatic N) is 3. The van der Waals surface area contributed by atoms with Gasteiger partial charge in [0.1, 0.15) is 17.2 Å². The third-order valence-electron chi connectivity index (χ3n) is 6.14. The largest absolute Gasteiger partial charge is 0.508 e. The van der Waals surface area contributed by atoms with Gasteiger partial charge in [-0.3, -0.25) is 4.40 Å². The Morgan fingerprint density at radius 1 is 0.647 bits per heavy atom. The number of fused-ring (bicyclic) bond motifs is 5. The standard InChI is InChI=1S/C28H21N3O3/c32-20-9-6-18(7-10-20)15-24-28(34)31-25-13-8-19-16-21(33)11-12-22(19)26(25)29-23(27(31)30-24)14-17-4-2-1-3-5-17/h1-13,16,32-34H,14-15H2. The number of phenols is 2. The molecule has 6 aromatic rings.